The van der Waals surface area contributed by atoms with E-state index in [0.29, 0.717) is 22.5 Å². The van der Waals surface area contributed by atoms with Gasteiger partial charge < -0.3 is 5.32 Å². The van der Waals surface area contributed by atoms with Crippen LogP contribution >= 0.6 is 0 Å². The number of amides is 1. The zero-order chi connectivity index (χ0) is 23.1. The maximum atomic E-state index is 14.5. The number of nitrogens with zero attached hydrogens (tertiary/aromatic N) is 5. The molecule has 0 saturated heterocycles. The summed E-state index contributed by atoms with van der Waals surface area (Å²) in [6.45, 7) is 1.37. The average Bonchev–Trinajstić information content (AvgIpc) is 3.39. The van der Waals surface area contributed by atoms with Gasteiger partial charge in [0, 0.05) is 43.2 Å². The highest BCUT2D eigenvalue weighted by atomic mass is 19.1. The first-order chi connectivity index (χ1) is 15.9. The number of halogens is 2. The lowest BCUT2D eigenvalue weighted by Gasteiger charge is -2.13. The molecular weight excluding hydrogens is 426 g/mol. The Morgan fingerprint density at radius 2 is 1.76 bits per heavy atom. The van der Waals surface area contributed by atoms with Crippen molar-refractivity contribution in [2.24, 2.45) is 7.05 Å². The minimum atomic E-state index is -0.698. The summed E-state index contributed by atoms with van der Waals surface area (Å²) in [5.41, 5.74) is 4.01. The third-order valence-corrected chi connectivity index (χ3v) is 5.19. The monoisotopic (exact) mass is 444 g/mol. The zero-order valence-electron chi connectivity index (χ0n) is 17.8. The van der Waals surface area contributed by atoms with Gasteiger partial charge in [-0.25, -0.2) is 18.7 Å². The van der Waals surface area contributed by atoms with Crippen molar-refractivity contribution in [2.45, 2.75) is 6.92 Å². The third-order valence-electron chi connectivity index (χ3n) is 5.19. The molecule has 0 fully saturated rings. The Morgan fingerprint density at radius 3 is 2.45 bits per heavy atom. The van der Waals surface area contributed by atoms with Gasteiger partial charge in [-0.2, -0.15) is 5.10 Å². The van der Waals surface area contributed by atoms with E-state index in [0.717, 1.165) is 11.1 Å². The SMILES string of the molecule is CC(=O)Nc1cc(-c2c(F)cccc2F)cc(-n2cnc3cc(-c4cnn(C)c4)cnc32)c1. The van der Waals surface area contributed by atoms with Crippen LogP contribution in [0.4, 0.5) is 14.5 Å². The van der Waals surface area contributed by atoms with Crippen LogP contribution in [-0.2, 0) is 11.8 Å². The molecule has 3 heterocycles. The van der Waals surface area contributed by atoms with Crippen LogP contribution in [0.1, 0.15) is 6.92 Å². The Kier molecular flexibility index (Phi) is 4.93. The summed E-state index contributed by atoms with van der Waals surface area (Å²) in [4.78, 5) is 20.7. The van der Waals surface area contributed by atoms with Crippen molar-refractivity contribution in [1.29, 1.82) is 0 Å². The molecule has 0 saturated carbocycles. The second-order valence-corrected chi connectivity index (χ2v) is 7.63. The fourth-order valence-corrected chi connectivity index (χ4v) is 3.76. The van der Waals surface area contributed by atoms with Gasteiger partial charge in [0.15, 0.2) is 5.65 Å². The number of imidazole rings is 1. The van der Waals surface area contributed by atoms with Crippen LogP contribution in [0, 0.1) is 11.6 Å². The summed E-state index contributed by atoms with van der Waals surface area (Å²) in [5.74, 6) is -1.70. The van der Waals surface area contributed by atoms with Crippen molar-refractivity contribution < 1.29 is 13.6 Å². The van der Waals surface area contributed by atoms with E-state index in [4.69, 9.17) is 0 Å². The lowest BCUT2D eigenvalue weighted by molar-refractivity contribution is -0.114. The highest BCUT2D eigenvalue weighted by Crippen LogP contribution is 2.32. The normalized spacial score (nSPS) is 11.2. The van der Waals surface area contributed by atoms with Crippen molar-refractivity contribution in [3.05, 3.63) is 79.0 Å². The van der Waals surface area contributed by atoms with Crippen molar-refractivity contribution in [2.75, 3.05) is 5.32 Å². The lowest BCUT2D eigenvalue weighted by Crippen LogP contribution is -2.07. The van der Waals surface area contributed by atoms with E-state index in [1.165, 1.54) is 31.2 Å². The van der Waals surface area contributed by atoms with Crippen molar-refractivity contribution in [3.63, 3.8) is 0 Å². The minimum Gasteiger partial charge on any atom is -0.326 e. The van der Waals surface area contributed by atoms with Gasteiger partial charge in [-0.1, -0.05) is 6.07 Å². The van der Waals surface area contributed by atoms with Gasteiger partial charge in [0.25, 0.3) is 0 Å². The summed E-state index contributed by atoms with van der Waals surface area (Å²) < 4.78 is 32.4. The van der Waals surface area contributed by atoms with Crippen molar-refractivity contribution >= 4 is 22.8 Å². The number of hydrogen-bond acceptors (Lipinski definition) is 4. The van der Waals surface area contributed by atoms with E-state index in [9.17, 15) is 13.6 Å². The Hall–Kier alpha value is -4.40. The van der Waals surface area contributed by atoms with Crippen LogP contribution in [0.5, 0.6) is 0 Å². The Labute approximate surface area is 187 Å². The van der Waals surface area contributed by atoms with Gasteiger partial charge in [0.2, 0.25) is 5.91 Å². The smallest absolute Gasteiger partial charge is 0.221 e. The van der Waals surface area contributed by atoms with E-state index in [2.05, 4.69) is 20.4 Å². The third kappa shape index (κ3) is 3.84. The average molecular weight is 444 g/mol. The number of fused-ring (bicyclic) bond motifs is 1. The molecule has 164 valence electrons. The molecule has 0 radical (unpaired) electrons. The van der Waals surface area contributed by atoms with Crippen LogP contribution in [0.2, 0.25) is 0 Å². The summed E-state index contributed by atoms with van der Waals surface area (Å²) in [6, 6.07) is 10.4. The zero-order valence-corrected chi connectivity index (χ0v) is 17.8. The maximum absolute atomic E-state index is 14.5. The van der Waals surface area contributed by atoms with Gasteiger partial charge in [0.05, 0.1) is 17.4 Å². The molecule has 5 aromatic rings. The first kappa shape index (κ1) is 20.5. The number of rotatable bonds is 4. The first-order valence-electron chi connectivity index (χ1n) is 10.1. The molecule has 1 amide bonds. The summed E-state index contributed by atoms with van der Waals surface area (Å²) in [6.07, 6.45) is 6.92. The fraction of sp³-hybridized carbons (Fsp3) is 0.0833. The molecule has 0 atom stereocenters. The Balaban J connectivity index is 1.66. The molecule has 0 aliphatic heterocycles. The molecule has 1 N–H and O–H groups in total. The number of aryl methyl sites for hydroxylation is 1. The first-order valence-corrected chi connectivity index (χ1v) is 10.1. The Bertz CT molecular complexity index is 1500. The molecule has 3 aromatic heterocycles. The maximum Gasteiger partial charge on any atom is 0.221 e. The number of anilines is 1. The van der Waals surface area contributed by atoms with Crippen molar-refractivity contribution in [1.82, 2.24) is 24.3 Å². The quantitative estimate of drug-likeness (QED) is 0.435. The Morgan fingerprint density at radius 1 is 0.970 bits per heavy atom. The van der Waals surface area contributed by atoms with E-state index in [1.54, 1.807) is 40.1 Å². The molecule has 0 bridgehead atoms. The highest BCUT2D eigenvalue weighted by Gasteiger charge is 2.16. The van der Waals surface area contributed by atoms with Crippen molar-refractivity contribution in [3.8, 4) is 27.9 Å². The molecule has 33 heavy (non-hydrogen) atoms. The molecule has 5 rings (SSSR count). The van der Waals surface area contributed by atoms with Gasteiger partial charge in [-0.3, -0.25) is 14.0 Å². The van der Waals surface area contributed by atoms with Crippen LogP contribution < -0.4 is 5.32 Å². The van der Waals surface area contributed by atoms with Crippen LogP contribution in [-0.4, -0.2) is 30.2 Å². The number of aromatic nitrogens is 5. The number of hydrogen-bond donors (Lipinski definition) is 1. The highest BCUT2D eigenvalue weighted by molar-refractivity contribution is 5.90. The standard InChI is InChI=1S/C24H18F2N6O/c1-14(33)30-18-6-15(23-20(25)4-3-5-21(23)26)7-19(9-18)32-13-28-22-8-16(10-27-24(22)32)17-11-29-31(2)12-17/h3-13H,1-2H3,(H,30,33). The lowest BCUT2D eigenvalue weighted by atomic mass is 10.0. The second-order valence-electron chi connectivity index (χ2n) is 7.63. The number of nitrogens with one attached hydrogen (secondary N) is 1. The minimum absolute atomic E-state index is 0.179. The molecule has 9 heteroatoms. The van der Waals surface area contributed by atoms with Gasteiger partial charge in [-0.05, 0) is 42.0 Å². The molecule has 2 aromatic carbocycles. The van der Waals surface area contributed by atoms with Crippen LogP contribution in [0.15, 0.2) is 67.4 Å². The number of pyridine rings is 1. The predicted octanol–water partition coefficient (Wildman–Crippen LogP) is 4.72. The van der Waals surface area contributed by atoms with E-state index < -0.39 is 11.6 Å². The molecular formula is C24H18F2N6O. The second kappa shape index (κ2) is 7.94. The van der Waals surface area contributed by atoms with Crippen LogP contribution in [0.25, 0.3) is 39.1 Å². The van der Waals surface area contributed by atoms with E-state index in [-0.39, 0.29) is 17.0 Å². The number of carbonyl (C=O) groups is 1. The molecule has 0 aliphatic rings. The molecule has 0 spiro atoms. The molecule has 0 aliphatic carbocycles. The molecule has 0 unspecified atom stereocenters. The van der Waals surface area contributed by atoms with E-state index >= 15 is 0 Å². The summed E-state index contributed by atoms with van der Waals surface area (Å²) >= 11 is 0. The summed E-state index contributed by atoms with van der Waals surface area (Å²) in [7, 11) is 1.84. The number of benzene rings is 2. The van der Waals surface area contributed by atoms with Gasteiger partial charge in [0.1, 0.15) is 23.5 Å². The summed E-state index contributed by atoms with van der Waals surface area (Å²) in [5, 5.41) is 6.87. The molecule has 7 nitrogen and oxygen atoms in total. The number of carbonyl (C=O) groups excluding carboxylic acids is 1. The van der Waals surface area contributed by atoms with Gasteiger partial charge in [-0.15, -0.1) is 0 Å². The predicted molar refractivity (Wildman–Crippen MR) is 121 cm³/mol. The van der Waals surface area contributed by atoms with Crippen LogP contribution in [0.3, 0.4) is 0 Å². The fourth-order valence-electron chi connectivity index (χ4n) is 3.76. The topological polar surface area (TPSA) is 77.6 Å². The largest absolute Gasteiger partial charge is 0.326 e. The van der Waals surface area contributed by atoms with Gasteiger partial charge >= 0.3 is 0 Å². The van der Waals surface area contributed by atoms with E-state index in [1.807, 2.05) is 19.3 Å².